The molecule has 8 nitrogen and oxygen atoms in total. The van der Waals surface area contributed by atoms with Gasteiger partial charge in [0.25, 0.3) is 5.69 Å². The van der Waals surface area contributed by atoms with Crippen molar-refractivity contribution in [3.05, 3.63) is 64.0 Å². The van der Waals surface area contributed by atoms with Gasteiger partial charge in [-0.1, -0.05) is 12.1 Å². The molecule has 2 aromatic carbocycles. The maximum atomic E-state index is 12.3. The highest BCUT2D eigenvalue weighted by molar-refractivity contribution is 7.89. The van der Waals surface area contributed by atoms with E-state index < -0.39 is 14.9 Å². The molecule has 0 aliphatic carbocycles. The zero-order valence-electron chi connectivity index (χ0n) is 12.7. The quantitative estimate of drug-likeness (QED) is 0.542. The standard InChI is InChI=1S/C15H14N4O4S/c1-10-17-14-6-5-11(7-15(14)18-10)9-16-24(22,23)13-4-2-3-12(8-13)19(20)21/h2-8,16H,9H2,1H3,(H,17,18). The molecule has 0 amide bonds. The maximum absolute atomic E-state index is 12.3. The van der Waals surface area contributed by atoms with Crippen molar-refractivity contribution in [2.75, 3.05) is 0 Å². The van der Waals surface area contributed by atoms with Crippen molar-refractivity contribution >= 4 is 26.7 Å². The number of non-ortho nitro benzene ring substituents is 1. The number of imidazole rings is 1. The van der Waals surface area contributed by atoms with Gasteiger partial charge >= 0.3 is 0 Å². The number of hydrogen-bond acceptors (Lipinski definition) is 5. The molecule has 0 spiro atoms. The summed E-state index contributed by atoms with van der Waals surface area (Å²) in [4.78, 5) is 17.4. The number of nitrogens with zero attached hydrogens (tertiary/aromatic N) is 2. The Balaban J connectivity index is 1.81. The highest BCUT2D eigenvalue weighted by Crippen LogP contribution is 2.18. The number of rotatable bonds is 5. The van der Waals surface area contributed by atoms with Crippen LogP contribution in [0.5, 0.6) is 0 Å². The fraction of sp³-hybridized carbons (Fsp3) is 0.133. The van der Waals surface area contributed by atoms with Gasteiger partial charge in [-0.05, 0) is 30.7 Å². The number of aryl methyl sites for hydroxylation is 1. The summed E-state index contributed by atoms with van der Waals surface area (Å²) >= 11 is 0. The van der Waals surface area contributed by atoms with E-state index in [1.807, 2.05) is 13.0 Å². The van der Waals surface area contributed by atoms with Crippen molar-refractivity contribution in [1.82, 2.24) is 14.7 Å². The van der Waals surface area contributed by atoms with Gasteiger partial charge in [-0.2, -0.15) is 0 Å². The molecule has 3 rings (SSSR count). The first-order valence-electron chi connectivity index (χ1n) is 7.04. The molecular weight excluding hydrogens is 332 g/mol. The van der Waals surface area contributed by atoms with E-state index in [1.165, 1.54) is 18.2 Å². The third-order valence-corrected chi connectivity index (χ3v) is 4.87. The second-order valence-corrected chi connectivity index (χ2v) is 7.02. The monoisotopic (exact) mass is 346 g/mol. The average molecular weight is 346 g/mol. The lowest BCUT2D eigenvalue weighted by atomic mass is 10.2. The number of nitro benzene ring substituents is 1. The first-order valence-corrected chi connectivity index (χ1v) is 8.53. The lowest BCUT2D eigenvalue weighted by molar-refractivity contribution is -0.385. The number of benzene rings is 2. The summed E-state index contributed by atoms with van der Waals surface area (Å²) in [6, 6.07) is 10.3. The first-order chi connectivity index (χ1) is 11.3. The molecule has 3 aromatic rings. The average Bonchev–Trinajstić information content (AvgIpc) is 2.92. The molecule has 2 N–H and O–H groups in total. The predicted octanol–water partition coefficient (Wildman–Crippen LogP) is 2.26. The van der Waals surface area contributed by atoms with Crippen molar-refractivity contribution < 1.29 is 13.3 Å². The first kappa shape index (κ1) is 16.1. The van der Waals surface area contributed by atoms with Crippen molar-refractivity contribution in [3.8, 4) is 0 Å². The third kappa shape index (κ3) is 3.26. The largest absolute Gasteiger partial charge is 0.342 e. The second-order valence-electron chi connectivity index (χ2n) is 5.25. The normalized spacial score (nSPS) is 11.7. The molecule has 1 heterocycles. The molecule has 1 aromatic heterocycles. The van der Waals surface area contributed by atoms with Crippen LogP contribution in [0.4, 0.5) is 5.69 Å². The van der Waals surface area contributed by atoms with Gasteiger partial charge in [0.1, 0.15) is 5.82 Å². The van der Waals surface area contributed by atoms with Gasteiger partial charge in [-0.25, -0.2) is 18.1 Å². The second kappa shape index (κ2) is 6.02. The third-order valence-electron chi connectivity index (χ3n) is 3.47. The Morgan fingerprint density at radius 2 is 2.04 bits per heavy atom. The fourth-order valence-electron chi connectivity index (χ4n) is 2.32. The Hall–Kier alpha value is -2.78. The van der Waals surface area contributed by atoms with E-state index in [0.717, 1.165) is 28.5 Å². The topological polar surface area (TPSA) is 118 Å². The molecule has 0 bridgehead atoms. The molecule has 0 fully saturated rings. The van der Waals surface area contributed by atoms with Gasteiger partial charge in [-0.15, -0.1) is 0 Å². The minimum Gasteiger partial charge on any atom is -0.342 e. The Morgan fingerprint density at radius 1 is 1.25 bits per heavy atom. The Labute approximate surface area is 137 Å². The van der Waals surface area contributed by atoms with Crippen LogP contribution in [0.2, 0.25) is 0 Å². The summed E-state index contributed by atoms with van der Waals surface area (Å²) < 4.78 is 27.0. The zero-order valence-corrected chi connectivity index (χ0v) is 13.5. The van der Waals surface area contributed by atoms with E-state index >= 15 is 0 Å². The van der Waals surface area contributed by atoms with Crippen LogP contribution >= 0.6 is 0 Å². The number of hydrogen-bond donors (Lipinski definition) is 2. The molecule has 0 radical (unpaired) electrons. The van der Waals surface area contributed by atoms with E-state index in [-0.39, 0.29) is 17.1 Å². The molecule has 0 aliphatic rings. The van der Waals surface area contributed by atoms with Crippen LogP contribution in [-0.2, 0) is 16.6 Å². The molecule has 24 heavy (non-hydrogen) atoms. The van der Waals surface area contributed by atoms with Crippen LogP contribution in [0, 0.1) is 17.0 Å². The number of sulfonamides is 1. The number of nitro groups is 1. The summed E-state index contributed by atoms with van der Waals surface area (Å²) in [6.45, 7) is 1.91. The van der Waals surface area contributed by atoms with Gasteiger partial charge in [0.15, 0.2) is 0 Å². The summed E-state index contributed by atoms with van der Waals surface area (Å²) in [5.74, 6) is 0.777. The molecule has 0 saturated carbocycles. The summed E-state index contributed by atoms with van der Waals surface area (Å²) in [7, 11) is -3.84. The molecule has 0 unspecified atom stereocenters. The van der Waals surface area contributed by atoms with Gasteiger partial charge < -0.3 is 4.98 Å². The lowest BCUT2D eigenvalue weighted by Crippen LogP contribution is -2.23. The van der Waals surface area contributed by atoms with Crippen LogP contribution in [0.1, 0.15) is 11.4 Å². The Bertz CT molecular complexity index is 1030. The smallest absolute Gasteiger partial charge is 0.270 e. The minimum atomic E-state index is -3.84. The van der Waals surface area contributed by atoms with E-state index in [9.17, 15) is 18.5 Å². The molecule has 0 aliphatic heterocycles. The molecular formula is C15H14N4O4S. The van der Waals surface area contributed by atoms with Gasteiger partial charge in [0, 0.05) is 18.7 Å². The van der Waals surface area contributed by atoms with Gasteiger partial charge in [0.05, 0.1) is 20.9 Å². The minimum absolute atomic E-state index is 0.0685. The number of fused-ring (bicyclic) bond motifs is 1. The summed E-state index contributed by atoms with van der Waals surface area (Å²) in [5.41, 5.74) is 2.10. The number of aromatic nitrogens is 2. The highest BCUT2D eigenvalue weighted by Gasteiger charge is 2.17. The van der Waals surface area contributed by atoms with Crippen molar-refractivity contribution in [2.24, 2.45) is 0 Å². The number of aromatic amines is 1. The van der Waals surface area contributed by atoms with Crippen LogP contribution < -0.4 is 4.72 Å². The van der Waals surface area contributed by atoms with Gasteiger partial charge in [0.2, 0.25) is 10.0 Å². The predicted molar refractivity (Wildman–Crippen MR) is 88.0 cm³/mol. The highest BCUT2D eigenvalue weighted by atomic mass is 32.2. The van der Waals surface area contributed by atoms with Crippen LogP contribution in [0.15, 0.2) is 47.4 Å². The lowest BCUT2D eigenvalue weighted by Gasteiger charge is -2.07. The van der Waals surface area contributed by atoms with Crippen LogP contribution in [-0.4, -0.2) is 23.3 Å². The van der Waals surface area contributed by atoms with Crippen LogP contribution in [0.3, 0.4) is 0 Å². The van der Waals surface area contributed by atoms with Crippen molar-refractivity contribution in [1.29, 1.82) is 0 Å². The SMILES string of the molecule is Cc1nc2ccc(CNS(=O)(=O)c3cccc([N+](=O)[O-])c3)cc2[nH]1. The maximum Gasteiger partial charge on any atom is 0.270 e. The number of H-pyrrole nitrogens is 1. The van der Waals surface area contributed by atoms with Crippen LogP contribution in [0.25, 0.3) is 11.0 Å². The summed E-state index contributed by atoms with van der Waals surface area (Å²) in [6.07, 6.45) is 0. The zero-order chi connectivity index (χ0) is 17.3. The molecule has 0 atom stereocenters. The van der Waals surface area contributed by atoms with E-state index in [4.69, 9.17) is 0 Å². The Morgan fingerprint density at radius 3 is 2.79 bits per heavy atom. The van der Waals surface area contributed by atoms with E-state index in [1.54, 1.807) is 12.1 Å². The van der Waals surface area contributed by atoms with Crippen molar-refractivity contribution in [2.45, 2.75) is 18.4 Å². The number of nitrogens with one attached hydrogen (secondary N) is 2. The van der Waals surface area contributed by atoms with E-state index in [0.29, 0.717) is 0 Å². The Kier molecular flexibility index (Phi) is 4.04. The molecule has 124 valence electrons. The summed E-state index contributed by atoms with van der Waals surface area (Å²) in [5, 5.41) is 10.8. The molecule has 9 heteroatoms. The van der Waals surface area contributed by atoms with Crippen molar-refractivity contribution in [3.63, 3.8) is 0 Å². The van der Waals surface area contributed by atoms with E-state index in [2.05, 4.69) is 14.7 Å². The molecule has 0 saturated heterocycles. The van der Waals surface area contributed by atoms with Gasteiger partial charge in [-0.3, -0.25) is 10.1 Å². The fourth-order valence-corrected chi connectivity index (χ4v) is 3.38.